The molecular formula is C15H16O2S. The molecule has 1 aromatic heterocycles. The van der Waals surface area contributed by atoms with Gasteiger partial charge in [0.2, 0.25) is 0 Å². The van der Waals surface area contributed by atoms with Crippen LogP contribution in [0.2, 0.25) is 0 Å². The number of hydrogen-bond acceptors (Lipinski definition) is 3. The second kappa shape index (κ2) is 5.12. The number of fused-ring (bicyclic) bond motifs is 1. The van der Waals surface area contributed by atoms with E-state index in [0.717, 1.165) is 30.6 Å². The van der Waals surface area contributed by atoms with Gasteiger partial charge in [0, 0.05) is 6.42 Å². The maximum absolute atomic E-state index is 9.73. The third-order valence-electron chi connectivity index (χ3n) is 3.40. The van der Waals surface area contributed by atoms with E-state index in [9.17, 15) is 5.11 Å². The Hall–Kier alpha value is -1.32. The van der Waals surface area contributed by atoms with Crippen molar-refractivity contribution in [3.63, 3.8) is 0 Å². The van der Waals surface area contributed by atoms with Gasteiger partial charge in [-0.05, 0) is 58.5 Å². The summed E-state index contributed by atoms with van der Waals surface area (Å²) in [6.07, 6.45) is 2.47. The lowest BCUT2D eigenvalue weighted by atomic mass is 10.1. The molecule has 0 saturated carbocycles. The molecule has 0 spiro atoms. The van der Waals surface area contributed by atoms with Crippen LogP contribution in [0.4, 0.5) is 0 Å². The lowest BCUT2D eigenvalue weighted by Crippen LogP contribution is -2.01. The molecule has 0 saturated heterocycles. The van der Waals surface area contributed by atoms with Crippen molar-refractivity contribution in [3.05, 3.63) is 51.7 Å². The van der Waals surface area contributed by atoms with E-state index in [0.29, 0.717) is 6.61 Å². The molecule has 3 heteroatoms. The second-order valence-electron chi connectivity index (χ2n) is 4.65. The highest BCUT2D eigenvalue weighted by Gasteiger charge is 2.20. The SMILES string of the molecule is OC1CCc2cc(OCCc3ccsc3)ccc21. The van der Waals surface area contributed by atoms with Gasteiger partial charge in [-0.2, -0.15) is 11.3 Å². The van der Waals surface area contributed by atoms with E-state index in [-0.39, 0.29) is 6.10 Å². The van der Waals surface area contributed by atoms with Crippen LogP contribution < -0.4 is 4.74 Å². The van der Waals surface area contributed by atoms with Crippen LogP contribution in [0, 0.1) is 0 Å². The van der Waals surface area contributed by atoms with E-state index in [2.05, 4.69) is 22.9 Å². The van der Waals surface area contributed by atoms with Crippen LogP contribution in [0.1, 0.15) is 29.2 Å². The minimum Gasteiger partial charge on any atom is -0.493 e. The Balaban J connectivity index is 1.60. The van der Waals surface area contributed by atoms with Gasteiger partial charge in [0.25, 0.3) is 0 Å². The summed E-state index contributed by atoms with van der Waals surface area (Å²) in [6.45, 7) is 0.706. The zero-order chi connectivity index (χ0) is 12.4. The highest BCUT2D eigenvalue weighted by atomic mass is 32.1. The van der Waals surface area contributed by atoms with E-state index in [4.69, 9.17) is 4.74 Å². The van der Waals surface area contributed by atoms with Gasteiger partial charge in [-0.25, -0.2) is 0 Å². The Kier molecular flexibility index (Phi) is 3.35. The highest BCUT2D eigenvalue weighted by Crippen LogP contribution is 2.33. The van der Waals surface area contributed by atoms with E-state index in [1.165, 1.54) is 11.1 Å². The van der Waals surface area contributed by atoms with Crippen LogP contribution in [0.15, 0.2) is 35.0 Å². The average molecular weight is 260 g/mol. The minimum atomic E-state index is -0.278. The molecule has 2 nitrogen and oxygen atoms in total. The smallest absolute Gasteiger partial charge is 0.119 e. The largest absolute Gasteiger partial charge is 0.493 e. The Morgan fingerprint density at radius 1 is 1.33 bits per heavy atom. The molecule has 1 unspecified atom stereocenters. The normalized spacial score (nSPS) is 17.7. The van der Waals surface area contributed by atoms with Gasteiger partial charge in [0.15, 0.2) is 0 Å². The van der Waals surface area contributed by atoms with Crippen molar-refractivity contribution < 1.29 is 9.84 Å². The van der Waals surface area contributed by atoms with Gasteiger partial charge in [-0.1, -0.05) is 6.07 Å². The fourth-order valence-electron chi connectivity index (χ4n) is 2.38. The standard InChI is InChI=1S/C15H16O2S/c16-15-4-1-12-9-13(2-3-14(12)15)17-7-5-11-6-8-18-10-11/h2-3,6,8-10,15-16H,1,4-5,7H2. The van der Waals surface area contributed by atoms with Crippen LogP contribution >= 0.6 is 11.3 Å². The minimum absolute atomic E-state index is 0.278. The summed E-state index contributed by atoms with van der Waals surface area (Å²) >= 11 is 1.72. The van der Waals surface area contributed by atoms with Crippen molar-refractivity contribution in [2.75, 3.05) is 6.61 Å². The molecule has 2 aromatic rings. The Bertz CT molecular complexity index is 519. The Morgan fingerprint density at radius 2 is 2.28 bits per heavy atom. The lowest BCUT2D eigenvalue weighted by molar-refractivity contribution is 0.180. The first-order valence-corrected chi connectivity index (χ1v) is 7.22. The number of rotatable bonds is 4. The van der Waals surface area contributed by atoms with Crippen molar-refractivity contribution in [1.82, 2.24) is 0 Å². The molecule has 1 aromatic carbocycles. The van der Waals surface area contributed by atoms with E-state index >= 15 is 0 Å². The quantitative estimate of drug-likeness (QED) is 0.913. The molecule has 1 atom stereocenters. The molecule has 0 aliphatic heterocycles. The number of benzene rings is 1. The fraction of sp³-hybridized carbons (Fsp3) is 0.333. The predicted molar refractivity (Wildman–Crippen MR) is 73.2 cm³/mol. The molecular weight excluding hydrogens is 244 g/mol. The molecule has 0 bridgehead atoms. The maximum Gasteiger partial charge on any atom is 0.119 e. The van der Waals surface area contributed by atoms with E-state index in [1.54, 1.807) is 11.3 Å². The molecule has 1 aliphatic rings. The highest BCUT2D eigenvalue weighted by molar-refractivity contribution is 7.07. The van der Waals surface area contributed by atoms with Crippen LogP contribution in [0.25, 0.3) is 0 Å². The first-order chi connectivity index (χ1) is 8.83. The van der Waals surface area contributed by atoms with Crippen LogP contribution in [-0.4, -0.2) is 11.7 Å². The van der Waals surface area contributed by atoms with E-state index in [1.807, 2.05) is 12.1 Å². The number of aliphatic hydroxyl groups is 1. The van der Waals surface area contributed by atoms with Gasteiger partial charge >= 0.3 is 0 Å². The molecule has 94 valence electrons. The van der Waals surface area contributed by atoms with Gasteiger partial charge in [0.05, 0.1) is 12.7 Å². The number of ether oxygens (including phenoxy) is 1. The Labute approximate surface area is 111 Å². The number of thiophene rings is 1. The van der Waals surface area contributed by atoms with Gasteiger partial charge in [-0.15, -0.1) is 0 Å². The third kappa shape index (κ3) is 2.42. The first kappa shape index (κ1) is 11.8. The summed E-state index contributed by atoms with van der Waals surface area (Å²) in [4.78, 5) is 0. The molecule has 18 heavy (non-hydrogen) atoms. The second-order valence-corrected chi connectivity index (χ2v) is 5.43. The topological polar surface area (TPSA) is 29.5 Å². The fourth-order valence-corrected chi connectivity index (χ4v) is 3.09. The van der Waals surface area contributed by atoms with Crippen molar-refractivity contribution in [1.29, 1.82) is 0 Å². The molecule has 1 heterocycles. The van der Waals surface area contributed by atoms with Gasteiger partial charge in [0.1, 0.15) is 5.75 Å². The number of aliphatic hydroxyl groups excluding tert-OH is 1. The summed E-state index contributed by atoms with van der Waals surface area (Å²) in [5.41, 5.74) is 3.63. The van der Waals surface area contributed by atoms with Gasteiger partial charge in [-0.3, -0.25) is 0 Å². The van der Waals surface area contributed by atoms with Gasteiger partial charge < -0.3 is 9.84 Å². The van der Waals surface area contributed by atoms with Crippen molar-refractivity contribution >= 4 is 11.3 Å². The zero-order valence-corrected chi connectivity index (χ0v) is 11.0. The predicted octanol–water partition coefficient (Wildman–Crippen LogP) is 3.35. The van der Waals surface area contributed by atoms with Crippen molar-refractivity contribution in [2.45, 2.75) is 25.4 Å². The first-order valence-electron chi connectivity index (χ1n) is 6.28. The summed E-state index contributed by atoms with van der Waals surface area (Å²) in [6, 6.07) is 8.15. The molecule has 1 N–H and O–H groups in total. The summed E-state index contributed by atoms with van der Waals surface area (Å²) in [7, 11) is 0. The third-order valence-corrected chi connectivity index (χ3v) is 4.13. The number of aryl methyl sites for hydroxylation is 1. The van der Waals surface area contributed by atoms with Crippen molar-refractivity contribution in [2.24, 2.45) is 0 Å². The van der Waals surface area contributed by atoms with Crippen LogP contribution in [-0.2, 0) is 12.8 Å². The average Bonchev–Trinajstić information content (AvgIpc) is 3.00. The summed E-state index contributed by atoms with van der Waals surface area (Å²) < 4.78 is 5.76. The monoisotopic (exact) mass is 260 g/mol. The maximum atomic E-state index is 9.73. The van der Waals surface area contributed by atoms with E-state index < -0.39 is 0 Å². The molecule has 1 aliphatic carbocycles. The lowest BCUT2D eigenvalue weighted by Gasteiger charge is -2.08. The van der Waals surface area contributed by atoms with Crippen LogP contribution in [0.3, 0.4) is 0 Å². The zero-order valence-electron chi connectivity index (χ0n) is 10.1. The summed E-state index contributed by atoms with van der Waals surface area (Å²) in [5.74, 6) is 0.915. The molecule has 0 radical (unpaired) electrons. The number of hydrogen-bond donors (Lipinski definition) is 1. The Morgan fingerprint density at radius 3 is 3.11 bits per heavy atom. The molecule has 0 fully saturated rings. The summed E-state index contributed by atoms with van der Waals surface area (Å²) in [5, 5.41) is 14.0. The van der Waals surface area contributed by atoms with Crippen molar-refractivity contribution in [3.8, 4) is 5.75 Å². The van der Waals surface area contributed by atoms with Crippen LogP contribution in [0.5, 0.6) is 5.75 Å². The molecule has 0 amide bonds. The molecule has 3 rings (SSSR count).